The molecule has 3 aliphatic rings. The van der Waals surface area contributed by atoms with Gasteiger partial charge in [0.1, 0.15) is 0 Å². The number of carbonyl (C=O) groups excluding carboxylic acids is 2. The minimum Gasteiger partial charge on any atom is -0.439 e. The maximum atomic E-state index is 12.7. The molecular weight excluding hydrogens is 336 g/mol. The minimum atomic E-state index is -0.509. The van der Waals surface area contributed by atoms with Gasteiger partial charge in [-0.25, -0.2) is 14.8 Å². The van der Waals surface area contributed by atoms with Crippen molar-refractivity contribution in [1.82, 2.24) is 24.7 Å². The molecule has 4 heterocycles. The van der Waals surface area contributed by atoms with E-state index in [9.17, 15) is 9.59 Å². The van der Waals surface area contributed by atoms with Gasteiger partial charge in [-0.2, -0.15) is 0 Å². The van der Waals surface area contributed by atoms with Crippen LogP contribution < -0.4 is 4.90 Å². The van der Waals surface area contributed by atoms with Crippen molar-refractivity contribution in [2.24, 2.45) is 0 Å². The summed E-state index contributed by atoms with van der Waals surface area (Å²) in [6.45, 7) is 5.35. The van der Waals surface area contributed by atoms with Gasteiger partial charge in [0.15, 0.2) is 5.60 Å². The monoisotopic (exact) mass is 360 g/mol. The predicted molar refractivity (Wildman–Crippen MR) is 93.7 cm³/mol. The van der Waals surface area contributed by atoms with Crippen LogP contribution in [0.4, 0.5) is 10.7 Å². The first kappa shape index (κ1) is 17.0. The quantitative estimate of drug-likeness (QED) is 0.729. The zero-order chi connectivity index (χ0) is 18.1. The lowest BCUT2D eigenvalue weighted by Gasteiger charge is -2.35. The number of likely N-dealkylation sites (N-methyl/N-ethyl adjacent to an activating group) is 1. The molecule has 1 unspecified atom stereocenters. The highest BCUT2D eigenvalue weighted by Crippen LogP contribution is 2.31. The maximum absolute atomic E-state index is 12.7. The van der Waals surface area contributed by atoms with Gasteiger partial charge >= 0.3 is 6.09 Å². The van der Waals surface area contributed by atoms with Crippen molar-refractivity contribution in [2.45, 2.75) is 12.0 Å². The summed E-state index contributed by atoms with van der Waals surface area (Å²) in [5.74, 6) is 0.851. The van der Waals surface area contributed by atoms with Crippen molar-refractivity contribution >= 4 is 17.9 Å². The standard InChI is InChI=1S/C17H24N6O3/c1-20-12-17(26-16(20)25)3-6-23(13-17)14(24)11-21-7-9-22(10-8-21)15-18-4-2-5-19-15/h2,4-5H,3,6-13H2,1H3. The fraction of sp³-hybridized carbons (Fsp3) is 0.647. The van der Waals surface area contributed by atoms with Gasteiger partial charge in [0.05, 0.1) is 19.6 Å². The minimum absolute atomic E-state index is 0.108. The van der Waals surface area contributed by atoms with Gasteiger partial charge in [0.2, 0.25) is 11.9 Å². The normalized spacial score (nSPS) is 26.7. The Kier molecular flexibility index (Phi) is 4.39. The van der Waals surface area contributed by atoms with E-state index >= 15 is 0 Å². The molecule has 2 amide bonds. The van der Waals surface area contributed by atoms with Gasteiger partial charge in [-0.3, -0.25) is 9.69 Å². The second-order valence-electron chi connectivity index (χ2n) is 7.28. The third-order valence-corrected chi connectivity index (χ3v) is 5.38. The van der Waals surface area contributed by atoms with Crippen LogP contribution >= 0.6 is 0 Å². The summed E-state index contributed by atoms with van der Waals surface area (Å²) < 4.78 is 5.51. The largest absolute Gasteiger partial charge is 0.439 e. The molecule has 0 N–H and O–H groups in total. The fourth-order valence-electron chi connectivity index (χ4n) is 3.91. The highest BCUT2D eigenvalue weighted by atomic mass is 16.6. The Bertz CT molecular complexity index is 678. The van der Waals surface area contributed by atoms with Crippen LogP contribution in [0.15, 0.2) is 18.5 Å². The molecule has 0 saturated carbocycles. The number of anilines is 1. The number of likely N-dealkylation sites (tertiary alicyclic amines) is 1. The summed E-state index contributed by atoms with van der Waals surface area (Å²) in [7, 11) is 1.73. The van der Waals surface area contributed by atoms with E-state index in [0.717, 1.165) is 32.1 Å². The van der Waals surface area contributed by atoms with Crippen molar-refractivity contribution in [3.8, 4) is 0 Å². The zero-order valence-electron chi connectivity index (χ0n) is 15.0. The Hall–Kier alpha value is -2.42. The number of amides is 2. The lowest BCUT2D eigenvalue weighted by Crippen LogP contribution is -2.50. The van der Waals surface area contributed by atoms with Crippen LogP contribution in [0.5, 0.6) is 0 Å². The second-order valence-corrected chi connectivity index (χ2v) is 7.28. The Morgan fingerprint density at radius 2 is 1.88 bits per heavy atom. The predicted octanol–water partition coefficient (Wildman–Crippen LogP) is -0.348. The number of hydrogen-bond acceptors (Lipinski definition) is 7. The lowest BCUT2D eigenvalue weighted by atomic mass is 10.0. The van der Waals surface area contributed by atoms with Gasteiger partial charge < -0.3 is 19.4 Å². The summed E-state index contributed by atoms with van der Waals surface area (Å²) in [4.78, 5) is 40.6. The molecule has 3 fully saturated rings. The highest BCUT2D eigenvalue weighted by molar-refractivity contribution is 5.79. The average Bonchev–Trinajstić information content (AvgIpc) is 3.19. The van der Waals surface area contributed by atoms with E-state index in [2.05, 4.69) is 19.8 Å². The Balaban J connectivity index is 1.27. The Morgan fingerprint density at radius 1 is 1.15 bits per heavy atom. The first-order chi connectivity index (χ1) is 12.5. The molecule has 4 rings (SSSR count). The smallest absolute Gasteiger partial charge is 0.410 e. The van der Waals surface area contributed by atoms with E-state index in [1.807, 2.05) is 4.90 Å². The van der Waals surface area contributed by atoms with E-state index < -0.39 is 5.60 Å². The topological polar surface area (TPSA) is 82.1 Å². The summed E-state index contributed by atoms with van der Waals surface area (Å²) in [5.41, 5.74) is -0.509. The van der Waals surface area contributed by atoms with Crippen molar-refractivity contribution in [3.05, 3.63) is 18.5 Å². The van der Waals surface area contributed by atoms with Gasteiger partial charge in [0.25, 0.3) is 0 Å². The summed E-state index contributed by atoms with van der Waals surface area (Å²) in [5, 5.41) is 0. The van der Waals surface area contributed by atoms with Crippen LogP contribution in [-0.2, 0) is 9.53 Å². The van der Waals surface area contributed by atoms with Crippen molar-refractivity contribution in [3.63, 3.8) is 0 Å². The van der Waals surface area contributed by atoms with Gasteiger partial charge in [-0.1, -0.05) is 0 Å². The number of ether oxygens (including phenoxy) is 1. The molecule has 9 nitrogen and oxygen atoms in total. The molecule has 140 valence electrons. The van der Waals surface area contributed by atoms with E-state index in [-0.39, 0.29) is 12.0 Å². The zero-order valence-corrected chi connectivity index (χ0v) is 15.0. The molecule has 1 aromatic heterocycles. The van der Waals surface area contributed by atoms with Crippen LogP contribution in [0.3, 0.4) is 0 Å². The molecule has 9 heteroatoms. The molecular formula is C17H24N6O3. The van der Waals surface area contributed by atoms with E-state index in [1.54, 1.807) is 30.4 Å². The second kappa shape index (κ2) is 6.71. The van der Waals surface area contributed by atoms with Crippen LogP contribution in [0.25, 0.3) is 0 Å². The van der Waals surface area contributed by atoms with Gasteiger partial charge in [-0.15, -0.1) is 0 Å². The number of carbonyl (C=O) groups is 2. The molecule has 3 saturated heterocycles. The SMILES string of the molecule is CN1CC2(CCN(C(=O)CN3CCN(c4ncccn4)CC3)C2)OC1=O. The summed E-state index contributed by atoms with van der Waals surface area (Å²) >= 11 is 0. The van der Waals surface area contributed by atoms with Crippen molar-refractivity contribution in [1.29, 1.82) is 0 Å². The number of piperazine rings is 1. The number of aromatic nitrogens is 2. The molecule has 0 bridgehead atoms. The average molecular weight is 360 g/mol. The number of rotatable bonds is 3. The lowest BCUT2D eigenvalue weighted by molar-refractivity contribution is -0.132. The summed E-state index contributed by atoms with van der Waals surface area (Å²) in [6.07, 6.45) is 3.91. The van der Waals surface area contributed by atoms with E-state index in [1.165, 1.54) is 0 Å². The molecule has 1 atom stereocenters. The summed E-state index contributed by atoms with van der Waals surface area (Å²) in [6, 6.07) is 1.81. The van der Waals surface area contributed by atoms with Crippen LogP contribution in [0.2, 0.25) is 0 Å². The molecule has 3 aliphatic heterocycles. The molecule has 1 aromatic rings. The number of hydrogen-bond donors (Lipinski definition) is 0. The van der Waals surface area contributed by atoms with Crippen LogP contribution in [-0.4, -0.2) is 102 Å². The highest BCUT2D eigenvalue weighted by Gasteiger charge is 2.49. The van der Waals surface area contributed by atoms with E-state index in [4.69, 9.17) is 4.74 Å². The maximum Gasteiger partial charge on any atom is 0.410 e. The fourth-order valence-corrected chi connectivity index (χ4v) is 3.91. The molecule has 26 heavy (non-hydrogen) atoms. The van der Waals surface area contributed by atoms with Crippen LogP contribution in [0, 0.1) is 0 Å². The Morgan fingerprint density at radius 3 is 2.54 bits per heavy atom. The Labute approximate surface area is 152 Å². The molecule has 0 radical (unpaired) electrons. The molecule has 1 spiro atoms. The third kappa shape index (κ3) is 3.31. The van der Waals surface area contributed by atoms with Crippen molar-refractivity contribution < 1.29 is 14.3 Å². The first-order valence-corrected chi connectivity index (χ1v) is 9.01. The van der Waals surface area contributed by atoms with Crippen molar-refractivity contribution in [2.75, 3.05) is 64.3 Å². The molecule has 0 aliphatic carbocycles. The molecule has 0 aromatic carbocycles. The third-order valence-electron chi connectivity index (χ3n) is 5.38. The number of nitrogens with zero attached hydrogens (tertiary/aromatic N) is 6. The van der Waals surface area contributed by atoms with Gasteiger partial charge in [-0.05, 0) is 6.07 Å². The van der Waals surface area contributed by atoms with Crippen LogP contribution in [0.1, 0.15) is 6.42 Å². The van der Waals surface area contributed by atoms with Gasteiger partial charge in [0, 0.05) is 58.6 Å². The first-order valence-electron chi connectivity index (χ1n) is 9.01. The van der Waals surface area contributed by atoms with E-state index in [0.29, 0.717) is 32.6 Å².